The third-order valence-electron chi connectivity index (χ3n) is 4.25. The first-order valence-electron chi connectivity index (χ1n) is 8.56. The first-order chi connectivity index (χ1) is 11.2. The number of ether oxygens (including phenoxy) is 1. The fraction of sp³-hybridized carbons (Fsp3) is 0.667. The Hall–Kier alpha value is -1.98. The smallest absolute Gasteiger partial charge is 0.410 e. The molecule has 134 valence electrons. The maximum atomic E-state index is 12.4. The molecule has 0 aromatic carbocycles. The van der Waals surface area contributed by atoms with Gasteiger partial charge in [-0.3, -0.25) is 4.79 Å². The highest BCUT2D eigenvalue weighted by atomic mass is 16.6. The van der Waals surface area contributed by atoms with E-state index < -0.39 is 5.60 Å². The molecule has 0 N–H and O–H groups in total. The normalized spacial score (nSPS) is 15.5. The van der Waals surface area contributed by atoms with Crippen LogP contribution >= 0.6 is 0 Å². The summed E-state index contributed by atoms with van der Waals surface area (Å²) in [4.78, 5) is 28.0. The van der Waals surface area contributed by atoms with Gasteiger partial charge >= 0.3 is 6.09 Å². The first-order valence-corrected chi connectivity index (χ1v) is 8.56. The van der Waals surface area contributed by atoms with Gasteiger partial charge in [0.15, 0.2) is 0 Å². The molecule has 2 amide bonds. The molecule has 0 saturated carbocycles. The van der Waals surface area contributed by atoms with Crippen molar-refractivity contribution in [3.8, 4) is 0 Å². The Bertz CT molecular complexity index is 574. The molecule has 1 fully saturated rings. The van der Waals surface area contributed by atoms with Crippen molar-refractivity contribution >= 4 is 12.0 Å². The van der Waals surface area contributed by atoms with E-state index in [9.17, 15) is 9.59 Å². The van der Waals surface area contributed by atoms with E-state index in [-0.39, 0.29) is 12.0 Å². The topological polar surface area (TPSA) is 54.8 Å². The van der Waals surface area contributed by atoms with E-state index >= 15 is 0 Å². The molecule has 0 bridgehead atoms. The van der Waals surface area contributed by atoms with Crippen LogP contribution in [0.1, 0.15) is 38.6 Å². The van der Waals surface area contributed by atoms with Gasteiger partial charge in [-0.1, -0.05) is 0 Å². The number of aryl methyl sites for hydroxylation is 2. The van der Waals surface area contributed by atoms with E-state index in [0.717, 1.165) is 0 Å². The number of carbonyl (C=O) groups is 2. The minimum Gasteiger partial charge on any atom is -0.444 e. The molecule has 0 atom stereocenters. The van der Waals surface area contributed by atoms with E-state index in [1.807, 2.05) is 25.7 Å². The molecule has 6 heteroatoms. The molecule has 1 saturated heterocycles. The monoisotopic (exact) mass is 335 g/mol. The first kappa shape index (κ1) is 18.4. The van der Waals surface area contributed by atoms with Crippen LogP contribution in [0.3, 0.4) is 0 Å². The average Bonchev–Trinajstić information content (AvgIpc) is 2.82. The summed E-state index contributed by atoms with van der Waals surface area (Å²) in [6.07, 6.45) is 0.191. The van der Waals surface area contributed by atoms with Crippen LogP contribution in [-0.2, 0) is 16.1 Å². The molecule has 0 aliphatic carbocycles. The Morgan fingerprint density at radius 2 is 1.50 bits per heavy atom. The van der Waals surface area contributed by atoms with Crippen LogP contribution in [0.4, 0.5) is 4.79 Å². The minimum absolute atomic E-state index is 0.145. The third kappa shape index (κ3) is 4.76. The van der Waals surface area contributed by atoms with E-state index in [1.54, 1.807) is 4.90 Å². The molecule has 2 heterocycles. The van der Waals surface area contributed by atoms with Crippen molar-refractivity contribution in [2.24, 2.45) is 0 Å². The second-order valence-corrected chi connectivity index (χ2v) is 7.37. The van der Waals surface area contributed by atoms with Crippen molar-refractivity contribution in [3.05, 3.63) is 23.5 Å². The van der Waals surface area contributed by atoms with Crippen LogP contribution in [0.25, 0.3) is 0 Å². The largest absolute Gasteiger partial charge is 0.444 e. The highest BCUT2D eigenvalue weighted by molar-refractivity contribution is 5.76. The second kappa shape index (κ2) is 7.28. The maximum absolute atomic E-state index is 12.4. The van der Waals surface area contributed by atoms with Gasteiger partial charge in [-0.15, -0.1) is 0 Å². The van der Waals surface area contributed by atoms with Gasteiger partial charge in [0.2, 0.25) is 5.91 Å². The summed E-state index contributed by atoms with van der Waals surface area (Å²) >= 11 is 0. The molecule has 1 aromatic heterocycles. The highest BCUT2D eigenvalue weighted by Gasteiger charge is 2.27. The van der Waals surface area contributed by atoms with E-state index in [2.05, 4.69) is 30.5 Å². The Labute approximate surface area is 144 Å². The van der Waals surface area contributed by atoms with E-state index in [1.165, 1.54) is 11.4 Å². The Morgan fingerprint density at radius 3 is 2.00 bits per heavy atom. The lowest BCUT2D eigenvalue weighted by molar-refractivity contribution is -0.133. The molecule has 1 aromatic rings. The van der Waals surface area contributed by atoms with Crippen molar-refractivity contribution in [3.63, 3.8) is 0 Å². The van der Waals surface area contributed by atoms with Gasteiger partial charge in [-0.25, -0.2) is 4.79 Å². The molecule has 24 heavy (non-hydrogen) atoms. The minimum atomic E-state index is -0.490. The zero-order valence-corrected chi connectivity index (χ0v) is 15.5. The van der Waals surface area contributed by atoms with Crippen molar-refractivity contribution in [2.75, 3.05) is 26.2 Å². The van der Waals surface area contributed by atoms with Crippen LogP contribution < -0.4 is 0 Å². The van der Waals surface area contributed by atoms with Crippen LogP contribution in [0.5, 0.6) is 0 Å². The summed E-state index contributed by atoms with van der Waals surface area (Å²) in [5.74, 6) is 0.145. The highest BCUT2D eigenvalue weighted by Crippen LogP contribution is 2.13. The number of amides is 2. The number of hydrogen-bond donors (Lipinski definition) is 0. The molecular formula is C18H29N3O3. The van der Waals surface area contributed by atoms with Crippen molar-refractivity contribution in [1.29, 1.82) is 0 Å². The summed E-state index contributed by atoms with van der Waals surface area (Å²) in [5, 5.41) is 0. The lowest BCUT2D eigenvalue weighted by Crippen LogP contribution is -2.51. The number of hydrogen-bond acceptors (Lipinski definition) is 3. The maximum Gasteiger partial charge on any atom is 0.410 e. The number of rotatable bonds is 3. The van der Waals surface area contributed by atoms with Crippen molar-refractivity contribution in [2.45, 2.75) is 53.2 Å². The van der Waals surface area contributed by atoms with Gasteiger partial charge in [0.25, 0.3) is 0 Å². The third-order valence-corrected chi connectivity index (χ3v) is 4.25. The fourth-order valence-electron chi connectivity index (χ4n) is 2.88. The summed E-state index contributed by atoms with van der Waals surface area (Å²) < 4.78 is 7.54. The zero-order chi connectivity index (χ0) is 17.9. The Morgan fingerprint density at radius 1 is 1.00 bits per heavy atom. The van der Waals surface area contributed by atoms with Gasteiger partial charge in [0.1, 0.15) is 5.60 Å². The Kier molecular flexibility index (Phi) is 5.57. The predicted octanol–water partition coefficient (Wildman–Crippen LogP) is 2.57. The van der Waals surface area contributed by atoms with Crippen molar-refractivity contribution < 1.29 is 14.3 Å². The quantitative estimate of drug-likeness (QED) is 0.853. The number of aromatic nitrogens is 1. The van der Waals surface area contributed by atoms with Crippen LogP contribution in [0, 0.1) is 13.8 Å². The summed E-state index contributed by atoms with van der Waals surface area (Å²) in [5.41, 5.74) is 1.86. The van der Waals surface area contributed by atoms with Crippen molar-refractivity contribution in [1.82, 2.24) is 14.4 Å². The van der Waals surface area contributed by atoms with Gasteiger partial charge in [-0.2, -0.15) is 0 Å². The fourth-order valence-corrected chi connectivity index (χ4v) is 2.88. The molecule has 0 unspecified atom stereocenters. The lowest BCUT2D eigenvalue weighted by atomic mass is 10.2. The van der Waals surface area contributed by atoms with Crippen LogP contribution in [0.15, 0.2) is 12.1 Å². The van der Waals surface area contributed by atoms with Gasteiger partial charge in [0, 0.05) is 50.5 Å². The van der Waals surface area contributed by atoms with E-state index in [0.29, 0.717) is 39.1 Å². The molecule has 1 aliphatic heterocycles. The van der Waals surface area contributed by atoms with Gasteiger partial charge < -0.3 is 19.1 Å². The number of nitrogens with zero attached hydrogens (tertiary/aromatic N) is 3. The summed E-state index contributed by atoms with van der Waals surface area (Å²) in [7, 11) is 0. The zero-order valence-electron chi connectivity index (χ0n) is 15.5. The molecule has 6 nitrogen and oxygen atoms in total. The summed E-state index contributed by atoms with van der Waals surface area (Å²) in [6, 6.07) is 4.14. The predicted molar refractivity (Wildman–Crippen MR) is 92.9 cm³/mol. The second-order valence-electron chi connectivity index (χ2n) is 7.37. The van der Waals surface area contributed by atoms with Crippen LogP contribution in [0.2, 0.25) is 0 Å². The van der Waals surface area contributed by atoms with Gasteiger partial charge in [0.05, 0.1) is 0 Å². The SMILES string of the molecule is Cc1ccc(C)n1CCC(=O)N1CCN(C(=O)OC(C)(C)C)CC1. The summed E-state index contributed by atoms with van der Waals surface area (Å²) in [6.45, 7) is 12.6. The molecular weight excluding hydrogens is 306 g/mol. The molecule has 0 radical (unpaired) electrons. The lowest BCUT2D eigenvalue weighted by Gasteiger charge is -2.35. The van der Waals surface area contributed by atoms with Crippen LogP contribution in [-0.4, -0.2) is 58.1 Å². The number of carbonyl (C=O) groups excluding carboxylic acids is 2. The number of piperazine rings is 1. The molecule has 0 spiro atoms. The Balaban J connectivity index is 1.79. The average molecular weight is 335 g/mol. The molecule has 2 rings (SSSR count). The molecule has 1 aliphatic rings. The standard InChI is InChI=1S/C18H29N3O3/c1-14-6-7-15(2)21(14)9-8-16(22)19-10-12-20(13-11-19)17(23)24-18(3,4)5/h6-7H,8-13H2,1-5H3. The van der Waals surface area contributed by atoms with Gasteiger partial charge in [-0.05, 0) is 46.8 Å². The van der Waals surface area contributed by atoms with E-state index in [4.69, 9.17) is 4.74 Å².